The number of hydrogen-bond acceptors (Lipinski definition) is 4. The van der Waals surface area contributed by atoms with Crippen LogP contribution in [0.15, 0.2) is 18.2 Å². The molecule has 0 bridgehead atoms. The molecular formula is C14H18ClN3O2S. The van der Waals surface area contributed by atoms with Gasteiger partial charge in [0.15, 0.2) is 0 Å². The minimum absolute atomic E-state index is 0.308. The molecule has 2 aromatic rings. The van der Waals surface area contributed by atoms with Crippen LogP contribution in [0.25, 0.3) is 11.0 Å². The maximum atomic E-state index is 12.0. The quantitative estimate of drug-likeness (QED) is 0.937. The number of methoxy groups -OCH3 is 1. The fraction of sp³-hybridized carbons (Fsp3) is 0.429. The van der Waals surface area contributed by atoms with Gasteiger partial charge in [0.2, 0.25) is 5.88 Å². The summed E-state index contributed by atoms with van der Waals surface area (Å²) in [6.45, 7) is 6.01. The van der Waals surface area contributed by atoms with Crippen LogP contribution < -0.4 is 9.46 Å². The fourth-order valence-electron chi connectivity index (χ4n) is 1.68. The zero-order valence-corrected chi connectivity index (χ0v) is 14.0. The Morgan fingerprint density at radius 3 is 2.62 bits per heavy atom. The molecule has 1 heterocycles. The summed E-state index contributed by atoms with van der Waals surface area (Å²) in [5, 5.41) is 0.596. The van der Waals surface area contributed by atoms with E-state index in [1.165, 1.54) is 7.11 Å². The molecule has 0 aliphatic rings. The number of halogens is 1. The summed E-state index contributed by atoms with van der Waals surface area (Å²) < 4.78 is 19.9. The summed E-state index contributed by atoms with van der Waals surface area (Å²) in [4.78, 5) is 8.88. The molecular weight excluding hydrogens is 310 g/mol. The number of hydrogen-bond donors (Lipinski definition) is 1. The third-order valence-corrected chi connectivity index (χ3v) is 4.54. The van der Waals surface area contributed by atoms with E-state index in [1.807, 2.05) is 20.8 Å². The number of aromatic nitrogens is 2. The van der Waals surface area contributed by atoms with Crippen LogP contribution in [-0.4, -0.2) is 26.0 Å². The van der Waals surface area contributed by atoms with Gasteiger partial charge in [-0.25, -0.2) is 18.9 Å². The van der Waals surface area contributed by atoms with Crippen LogP contribution in [0.2, 0.25) is 5.02 Å². The van der Waals surface area contributed by atoms with E-state index in [9.17, 15) is 4.21 Å². The average molecular weight is 328 g/mol. The van der Waals surface area contributed by atoms with Gasteiger partial charge in [-0.05, 0) is 39.0 Å². The van der Waals surface area contributed by atoms with E-state index in [0.717, 1.165) is 0 Å². The van der Waals surface area contributed by atoms with E-state index in [2.05, 4.69) is 14.7 Å². The smallest absolute Gasteiger partial charge is 0.237 e. The van der Waals surface area contributed by atoms with Crippen LogP contribution in [-0.2, 0) is 17.5 Å². The molecule has 21 heavy (non-hydrogen) atoms. The Bertz CT molecular complexity index is 686. The Balaban J connectivity index is 2.31. The Kier molecular flexibility index (Phi) is 4.81. The molecule has 1 atom stereocenters. The largest absolute Gasteiger partial charge is 0.480 e. The minimum atomic E-state index is -1.19. The van der Waals surface area contributed by atoms with E-state index < -0.39 is 11.0 Å². The van der Waals surface area contributed by atoms with Crippen molar-refractivity contribution in [1.29, 1.82) is 0 Å². The van der Waals surface area contributed by atoms with Gasteiger partial charge < -0.3 is 4.74 Å². The van der Waals surface area contributed by atoms with Gasteiger partial charge in [-0.1, -0.05) is 11.6 Å². The second-order valence-electron chi connectivity index (χ2n) is 5.51. The lowest BCUT2D eigenvalue weighted by Gasteiger charge is -2.18. The molecule has 1 aromatic heterocycles. The molecule has 1 aromatic carbocycles. The lowest BCUT2D eigenvalue weighted by atomic mass is 10.3. The van der Waals surface area contributed by atoms with Gasteiger partial charge in [0.05, 0.1) is 40.4 Å². The first-order valence-corrected chi connectivity index (χ1v) is 7.99. The summed E-state index contributed by atoms with van der Waals surface area (Å²) in [6.07, 6.45) is 0. The van der Waals surface area contributed by atoms with Crippen molar-refractivity contribution in [2.24, 2.45) is 0 Å². The third kappa shape index (κ3) is 3.90. The molecule has 0 unspecified atom stereocenters. The highest BCUT2D eigenvalue weighted by atomic mass is 35.5. The molecule has 0 amide bonds. The first-order valence-electron chi connectivity index (χ1n) is 6.47. The molecule has 0 fully saturated rings. The maximum Gasteiger partial charge on any atom is 0.237 e. The second-order valence-corrected chi connectivity index (χ2v) is 8.00. The Morgan fingerprint density at radius 2 is 2.00 bits per heavy atom. The van der Waals surface area contributed by atoms with Crippen LogP contribution >= 0.6 is 11.6 Å². The van der Waals surface area contributed by atoms with E-state index in [0.29, 0.717) is 34.2 Å². The van der Waals surface area contributed by atoms with Gasteiger partial charge in [-0.15, -0.1) is 0 Å². The number of fused-ring (bicyclic) bond motifs is 1. The first kappa shape index (κ1) is 16.1. The highest BCUT2D eigenvalue weighted by Gasteiger charge is 2.20. The van der Waals surface area contributed by atoms with Crippen molar-refractivity contribution in [1.82, 2.24) is 14.7 Å². The summed E-state index contributed by atoms with van der Waals surface area (Å²) in [5.74, 6) is 0.420. The first-order chi connectivity index (χ1) is 9.81. The Hall–Kier alpha value is -1.24. The molecule has 114 valence electrons. The lowest BCUT2D eigenvalue weighted by molar-refractivity contribution is 0.391. The highest BCUT2D eigenvalue weighted by molar-refractivity contribution is 7.84. The monoisotopic (exact) mass is 327 g/mol. The van der Waals surface area contributed by atoms with Crippen molar-refractivity contribution < 1.29 is 8.95 Å². The summed E-state index contributed by atoms with van der Waals surface area (Å²) in [5.41, 5.74) is 1.99. The molecule has 0 spiro atoms. The topological polar surface area (TPSA) is 64.1 Å². The molecule has 0 radical (unpaired) electrons. The molecule has 0 aliphatic carbocycles. The van der Waals surface area contributed by atoms with Crippen molar-refractivity contribution in [3.8, 4) is 5.88 Å². The van der Waals surface area contributed by atoms with Gasteiger partial charge in [-0.3, -0.25) is 0 Å². The predicted molar refractivity (Wildman–Crippen MR) is 85.8 cm³/mol. The normalized spacial score (nSPS) is 13.4. The molecule has 0 aliphatic heterocycles. The summed E-state index contributed by atoms with van der Waals surface area (Å²) >= 11 is 5.97. The Labute approximate surface area is 131 Å². The number of nitrogens with one attached hydrogen (secondary N) is 1. The molecule has 2 rings (SSSR count). The highest BCUT2D eigenvalue weighted by Crippen LogP contribution is 2.22. The number of nitrogens with zero attached hydrogens (tertiary/aromatic N) is 2. The van der Waals surface area contributed by atoms with Gasteiger partial charge in [-0.2, -0.15) is 0 Å². The van der Waals surface area contributed by atoms with Gasteiger partial charge in [0, 0.05) is 5.02 Å². The molecule has 0 saturated carbocycles. The van der Waals surface area contributed by atoms with E-state index in [1.54, 1.807) is 18.2 Å². The summed E-state index contributed by atoms with van der Waals surface area (Å²) in [6, 6.07) is 5.29. The molecule has 5 nitrogen and oxygen atoms in total. The number of benzene rings is 1. The standard InChI is InChI=1S/C14H18ClN3O2S/c1-14(2,3)21(19)16-8-12-13(20-4)18-10-6-5-9(15)7-11(10)17-12/h5-7,16H,8H2,1-4H3/t21-/m1/s1. The number of rotatable bonds is 4. The zero-order chi connectivity index (χ0) is 15.6. The molecule has 0 saturated heterocycles. The van der Waals surface area contributed by atoms with E-state index >= 15 is 0 Å². The molecule has 7 heteroatoms. The summed E-state index contributed by atoms with van der Waals surface area (Å²) in [7, 11) is 0.352. The maximum absolute atomic E-state index is 12.0. The van der Waals surface area contributed by atoms with Crippen molar-refractivity contribution in [3.63, 3.8) is 0 Å². The Morgan fingerprint density at radius 1 is 1.29 bits per heavy atom. The van der Waals surface area contributed by atoms with E-state index in [-0.39, 0.29) is 4.75 Å². The van der Waals surface area contributed by atoms with Crippen molar-refractivity contribution in [2.75, 3.05) is 7.11 Å². The predicted octanol–water partition coefficient (Wildman–Crippen LogP) is 2.84. The van der Waals surface area contributed by atoms with Crippen molar-refractivity contribution >= 4 is 33.6 Å². The fourth-order valence-corrected chi connectivity index (χ4v) is 2.54. The van der Waals surface area contributed by atoms with Gasteiger partial charge in [0.25, 0.3) is 0 Å². The second kappa shape index (κ2) is 6.25. The number of ether oxygens (including phenoxy) is 1. The molecule has 1 N–H and O–H groups in total. The zero-order valence-electron chi connectivity index (χ0n) is 12.4. The third-order valence-electron chi connectivity index (χ3n) is 2.78. The minimum Gasteiger partial charge on any atom is -0.480 e. The van der Waals surface area contributed by atoms with Gasteiger partial charge in [0.1, 0.15) is 5.69 Å². The SMILES string of the molecule is COc1nc2ccc(Cl)cc2nc1CN[S@](=O)C(C)(C)C. The van der Waals surface area contributed by atoms with Crippen LogP contribution in [0, 0.1) is 0 Å². The average Bonchev–Trinajstić information content (AvgIpc) is 2.42. The van der Waals surface area contributed by atoms with Crippen LogP contribution in [0.3, 0.4) is 0 Å². The van der Waals surface area contributed by atoms with Crippen molar-refractivity contribution in [2.45, 2.75) is 32.1 Å². The lowest BCUT2D eigenvalue weighted by Crippen LogP contribution is -2.33. The van der Waals surface area contributed by atoms with E-state index in [4.69, 9.17) is 16.3 Å². The van der Waals surface area contributed by atoms with Crippen LogP contribution in [0.4, 0.5) is 0 Å². The van der Waals surface area contributed by atoms with Crippen LogP contribution in [0.5, 0.6) is 5.88 Å². The van der Waals surface area contributed by atoms with Crippen LogP contribution in [0.1, 0.15) is 26.5 Å². The van der Waals surface area contributed by atoms with Crippen molar-refractivity contribution in [3.05, 3.63) is 28.9 Å². The van der Waals surface area contributed by atoms with Gasteiger partial charge >= 0.3 is 0 Å².